The molecule has 2 rings (SSSR count). The second-order valence-electron chi connectivity index (χ2n) is 4.30. The number of hydrogen-bond acceptors (Lipinski definition) is 3. The van der Waals surface area contributed by atoms with E-state index in [1.165, 1.54) is 0 Å². The summed E-state index contributed by atoms with van der Waals surface area (Å²) in [6, 6.07) is 2.98. The smallest absolute Gasteiger partial charge is 0.240 e. The third-order valence-electron chi connectivity index (χ3n) is 2.98. The standard InChI is InChI=1S/C11H13FN2O3S/c12-8-4-5-10(18(13,16)17)9(6-8)14-11(15)7-2-1-3-7/h4-7H,1-3H2,(H,14,15)(H2,13,16,17). The Balaban J connectivity index is 2.30. The van der Waals surface area contributed by atoms with Gasteiger partial charge in [0.25, 0.3) is 0 Å². The third kappa shape index (κ3) is 2.68. The van der Waals surface area contributed by atoms with Gasteiger partial charge in [0.2, 0.25) is 15.9 Å². The first-order chi connectivity index (χ1) is 8.38. The highest BCUT2D eigenvalue weighted by molar-refractivity contribution is 7.89. The molecule has 5 nitrogen and oxygen atoms in total. The van der Waals surface area contributed by atoms with Crippen LogP contribution >= 0.6 is 0 Å². The first-order valence-electron chi connectivity index (χ1n) is 5.51. The molecule has 0 heterocycles. The van der Waals surface area contributed by atoms with Gasteiger partial charge in [-0.15, -0.1) is 0 Å². The molecular formula is C11H13FN2O3S. The third-order valence-corrected chi connectivity index (χ3v) is 3.95. The molecule has 3 N–H and O–H groups in total. The Kier molecular flexibility index (Phi) is 3.36. The van der Waals surface area contributed by atoms with Crippen LogP contribution in [0, 0.1) is 11.7 Å². The molecule has 1 aromatic carbocycles. The lowest BCUT2D eigenvalue weighted by Crippen LogP contribution is -2.29. The average molecular weight is 272 g/mol. The Morgan fingerprint density at radius 2 is 2.06 bits per heavy atom. The minimum atomic E-state index is -3.99. The van der Waals surface area contributed by atoms with Crippen LogP contribution in [0.25, 0.3) is 0 Å². The Morgan fingerprint density at radius 3 is 2.56 bits per heavy atom. The Morgan fingerprint density at radius 1 is 1.39 bits per heavy atom. The minimum absolute atomic E-state index is 0.102. The molecule has 1 saturated carbocycles. The number of amides is 1. The van der Waals surface area contributed by atoms with Crippen LogP contribution in [0.4, 0.5) is 10.1 Å². The van der Waals surface area contributed by atoms with Gasteiger partial charge < -0.3 is 5.32 Å². The maximum Gasteiger partial charge on any atom is 0.240 e. The Bertz CT molecular complexity index is 582. The van der Waals surface area contributed by atoms with Crippen molar-refractivity contribution in [3.05, 3.63) is 24.0 Å². The average Bonchev–Trinajstić information content (AvgIpc) is 2.11. The lowest BCUT2D eigenvalue weighted by Gasteiger charge is -2.24. The van der Waals surface area contributed by atoms with E-state index in [0.717, 1.165) is 37.5 Å². The van der Waals surface area contributed by atoms with E-state index in [-0.39, 0.29) is 22.4 Å². The molecule has 0 atom stereocenters. The number of carbonyl (C=O) groups is 1. The van der Waals surface area contributed by atoms with Crippen molar-refractivity contribution < 1.29 is 17.6 Å². The second-order valence-corrected chi connectivity index (χ2v) is 5.83. The van der Waals surface area contributed by atoms with Gasteiger partial charge in [0.05, 0.1) is 5.69 Å². The first kappa shape index (κ1) is 13.0. The molecule has 0 radical (unpaired) electrons. The summed E-state index contributed by atoms with van der Waals surface area (Å²) in [5.74, 6) is -1.05. The zero-order chi connectivity index (χ0) is 13.3. The van der Waals surface area contributed by atoms with Crippen LogP contribution in [0.3, 0.4) is 0 Å². The quantitative estimate of drug-likeness (QED) is 0.866. The van der Waals surface area contributed by atoms with Crippen molar-refractivity contribution in [3.8, 4) is 0 Å². The summed E-state index contributed by atoms with van der Waals surface area (Å²) in [5.41, 5.74) is -0.102. The molecule has 1 aliphatic carbocycles. The summed E-state index contributed by atoms with van der Waals surface area (Å²) in [6.45, 7) is 0. The maximum absolute atomic E-state index is 13.1. The highest BCUT2D eigenvalue weighted by atomic mass is 32.2. The molecule has 0 bridgehead atoms. The van der Waals surface area contributed by atoms with Gasteiger partial charge in [-0.1, -0.05) is 6.42 Å². The van der Waals surface area contributed by atoms with Crippen molar-refractivity contribution in [3.63, 3.8) is 0 Å². The van der Waals surface area contributed by atoms with Gasteiger partial charge >= 0.3 is 0 Å². The van der Waals surface area contributed by atoms with Crippen molar-refractivity contribution >= 4 is 21.6 Å². The van der Waals surface area contributed by atoms with E-state index in [9.17, 15) is 17.6 Å². The van der Waals surface area contributed by atoms with Crippen LogP contribution in [0.5, 0.6) is 0 Å². The second kappa shape index (κ2) is 4.66. The van der Waals surface area contributed by atoms with Crippen molar-refractivity contribution in [2.24, 2.45) is 11.1 Å². The van der Waals surface area contributed by atoms with Gasteiger partial charge in [-0.05, 0) is 31.0 Å². The zero-order valence-corrected chi connectivity index (χ0v) is 10.3. The predicted molar refractivity (Wildman–Crippen MR) is 63.7 cm³/mol. The lowest BCUT2D eigenvalue weighted by atomic mass is 9.85. The number of nitrogens with two attached hydrogens (primary N) is 1. The van der Waals surface area contributed by atoms with Crippen molar-refractivity contribution in [1.29, 1.82) is 0 Å². The monoisotopic (exact) mass is 272 g/mol. The highest BCUT2D eigenvalue weighted by Crippen LogP contribution is 2.29. The van der Waals surface area contributed by atoms with Crippen LogP contribution < -0.4 is 10.5 Å². The predicted octanol–water partition coefficient (Wildman–Crippen LogP) is 1.21. The topological polar surface area (TPSA) is 89.3 Å². The molecule has 0 unspecified atom stereocenters. The fourth-order valence-corrected chi connectivity index (χ4v) is 2.43. The molecule has 1 fully saturated rings. The van der Waals surface area contributed by atoms with E-state index in [4.69, 9.17) is 5.14 Å². The van der Waals surface area contributed by atoms with Crippen LogP contribution in [0.1, 0.15) is 19.3 Å². The Labute approximate surface area is 104 Å². The number of carbonyl (C=O) groups excluding carboxylic acids is 1. The van der Waals surface area contributed by atoms with Gasteiger partial charge in [-0.25, -0.2) is 17.9 Å². The van der Waals surface area contributed by atoms with E-state index in [1.807, 2.05) is 0 Å². The molecule has 0 spiro atoms. The molecule has 18 heavy (non-hydrogen) atoms. The molecule has 1 aromatic rings. The van der Waals surface area contributed by atoms with Crippen LogP contribution in [0.2, 0.25) is 0 Å². The SMILES string of the molecule is NS(=O)(=O)c1ccc(F)cc1NC(=O)C1CCC1. The molecule has 0 aromatic heterocycles. The largest absolute Gasteiger partial charge is 0.325 e. The molecule has 0 aliphatic heterocycles. The minimum Gasteiger partial charge on any atom is -0.325 e. The highest BCUT2D eigenvalue weighted by Gasteiger charge is 2.26. The summed E-state index contributed by atoms with van der Waals surface area (Å²) in [7, 11) is -3.99. The van der Waals surface area contributed by atoms with Crippen LogP contribution in [-0.4, -0.2) is 14.3 Å². The number of hydrogen-bond donors (Lipinski definition) is 2. The number of nitrogens with one attached hydrogen (secondary N) is 1. The number of anilines is 1. The molecule has 7 heteroatoms. The van der Waals surface area contributed by atoms with Crippen molar-refractivity contribution in [2.45, 2.75) is 24.2 Å². The summed E-state index contributed by atoms with van der Waals surface area (Å²) in [5, 5.41) is 7.43. The molecular weight excluding hydrogens is 259 g/mol. The molecule has 98 valence electrons. The first-order valence-corrected chi connectivity index (χ1v) is 7.06. The maximum atomic E-state index is 13.1. The van der Waals surface area contributed by atoms with Crippen LogP contribution in [-0.2, 0) is 14.8 Å². The summed E-state index contributed by atoms with van der Waals surface area (Å²) >= 11 is 0. The fourth-order valence-electron chi connectivity index (χ4n) is 1.75. The number of rotatable bonds is 3. The van der Waals surface area contributed by atoms with Gasteiger partial charge in [0.1, 0.15) is 10.7 Å². The van der Waals surface area contributed by atoms with Crippen LogP contribution in [0.15, 0.2) is 23.1 Å². The summed E-state index contributed by atoms with van der Waals surface area (Å²) < 4.78 is 35.7. The lowest BCUT2D eigenvalue weighted by molar-refractivity contribution is -0.122. The van der Waals surface area contributed by atoms with Gasteiger partial charge in [-0.2, -0.15) is 0 Å². The van der Waals surface area contributed by atoms with Gasteiger partial charge in [0.15, 0.2) is 0 Å². The fraction of sp³-hybridized carbons (Fsp3) is 0.364. The van der Waals surface area contributed by atoms with Crippen molar-refractivity contribution in [1.82, 2.24) is 0 Å². The van der Waals surface area contributed by atoms with E-state index < -0.39 is 15.8 Å². The number of benzene rings is 1. The van der Waals surface area contributed by atoms with Crippen molar-refractivity contribution in [2.75, 3.05) is 5.32 Å². The number of sulfonamides is 1. The Hall–Kier alpha value is -1.47. The summed E-state index contributed by atoms with van der Waals surface area (Å²) in [6.07, 6.45) is 2.51. The van der Waals surface area contributed by atoms with Gasteiger partial charge in [-0.3, -0.25) is 4.79 Å². The molecule has 1 aliphatic rings. The van der Waals surface area contributed by atoms with E-state index >= 15 is 0 Å². The van der Waals surface area contributed by atoms with E-state index in [0.29, 0.717) is 0 Å². The molecule has 0 saturated heterocycles. The van der Waals surface area contributed by atoms with E-state index in [2.05, 4.69) is 5.32 Å². The summed E-state index contributed by atoms with van der Waals surface area (Å²) in [4.78, 5) is 11.4. The zero-order valence-electron chi connectivity index (χ0n) is 9.52. The number of halogens is 1. The normalized spacial score (nSPS) is 16.1. The number of primary sulfonamides is 1. The van der Waals surface area contributed by atoms with Gasteiger partial charge in [0, 0.05) is 5.92 Å². The molecule has 1 amide bonds. The van der Waals surface area contributed by atoms with E-state index in [1.54, 1.807) is 0 Å².